The minimum absolute atomic E-state index is 0.114. The maximum absolute atomic E-state index is 13.5. The van der Waals surface area contributed by atoms with Crippen molar-refractivity contribution in [2.75, 3.05) is 15.1 Å². The van der Waals surface area contributed by atoms with Gasteiger partial charge in [-0.05, 0) is 48.2 Å². The average Bonchev–Trinajstić information content (AvgIpc) is 3.49. The van der Waals surface area contributed by atoms with Crippen LogP contribution in [-0.2, 0) is 11.3 Å². The number of aromatic nitrogens is 1. The van der Waals surface area contributed by atoms with Crippen molar-refractivity contribution in [3.05, 3.63) is 78.5 Å². The molecule has 2 fully saturated rings. The van der Waals surface area contributed by atoms with Gasteiger partial charge < -0.3 is 10.1 Å². The third kappa shape index (κ3) is 4.72. The van der Waals surface area contributed by atoms with Crippen LogP contribution in [0.5, 0.6) is 5.75 Å². The zero-order chi connectivity index (χ0) is 27.1. The lowest BCUT2D eigenvalue weighted by atomic mass is 10.1. The lowest BCUT2D eigenvalue weighted by molar-refractivity contribution is -0.274. The fourth-order valence-electron chi connectivity index (χ4n) is 4.60. The molecule has 0 radical (unpaired) electrons. The Hall–Kier alpha value is -4.61. The number of ether oxygens (including phenoxy) is 1. The van der Waals surface area contributed by atoms with E-state index in [0.29, 0.717) is 18.7 Å². The van der Waals surface area contributed by atoms with Gasteiger partial charge in [0.15, 0.2) is 0 Å². The van der Waals surface area contributed by atoms with Crippen LogP contribution in [-0.4, -0.2) is 34.9 Å². The van der Waals surface area contributed by atoms with E-state index in [-0.39, 0.29) is 17.4 Å². The normalized spacial score (nSPS) is 20.6. The quantitative estimate of drug-likeness (QED) is 0.438. The molecule has 2 aliphatic rings. The Labute approximate surface area is 215 Å². The number of amides is 5. The number of halogens is 3. The lowest BCUT2D eigenvalue weighted by Gasteiger charge is -2.22. The number of hydrogen-bond acceptors (Lipinski definition) is 5. The van der Waals surface area contributed by atoms with Crippen molar-refractivity contribution < 1.29 is 32.3 Å². The van der Waals surface area contributed by atoms with Crippen LogP contribution in [0.3, 0.4) is 0 Å². The van der Waals surface area contributed by atoms with Crippen molar-refractivity contribution in [1.29, 1.82) is 0 Å². The van der Waals surface area contributed by atoms with E-state index >= 15 is 0 Å². The molecule has 1 saturated carbocycles. The van der Waals surface area contributed by atoms with E-state index in [4.69, 9.17) is 0 Å². The zero-order valence-corrected chi connectivity index (χ0v) is 20.0. The van der Waals surface area contributed by atoms with Crippen molar-refractivity contribution in [3.63, 3.8) is 0 Å². The maximum atomic E-state index is 13.5. The van der Waals surface area contributed by atoms with Gasteiger partial charge in [0.2, 0.25) is 0 Å². The van der Waals surface area contributed by atoms with Crippen LogP contribution in [0.25, 0.3) is 0 Å². The Kier molecular flexibility index (Phi) is 6.17. The highest BCUT2D eigenvalue weighted by molar-refractivity contribution is 6.32. The second-order valence-electron chi connectivity index (χ2n) is 9.02. The molecule has 9 nitrogen and oxygen atoms in total. The second kappa shape index (κ2) is 9.36. The number of hydrogen-bond donors (Lipinski definition) is 2. The number of anilines is 3. The monoisotopic (exact) mass is 525 g/mol. The highest BCUT2D eigenvalue weighted by Gasteiger charge is 2.70. The van der Waals surface area contributed by atoms with E-state index in [0.717, 1.165) is 22.6 Å². The number of nitrogens with zero attached hydrogens (tertiary/aromatic N) is 3. The van der Waals surface area contributed by atoms with E-state index in [9.17, 15) is 27.6 Å². The predicted octanol–water partition coefficient (Wildman–Crippen LogP) is 5.05. The Balaban J connectivity index is 1.35. The topological polar surface area (TPSA) is 104 Å². The molecule has 2 aromatic carbocycles. The zero-order valence-electron chi connectivity index (χ0n) is 20.0. The van der Waals surface area contributed by atoms with E-state index in [2.05, 4.69) is 20.4 Å². The molecule has 1 aromatic heterocycles. The first-order chi connectivity index (χ1) is 18.1. The van der Waals surface area contributed by atoms with E-state index in [1.807, 2.05) is 37.3 Å². The second-order valence-corrected chi connectivity index (χ2v) is 9.02. The molecule has 38 heavy (non-hydrogen) atoms. The van der Waals surface area contributed by atoms with Gasteiger partial charge in [0, 0.05) is 18.8 Å². The Bertz CT molecular complexity index is 1380. The van der Waals surface area contributed by atoms with E-state index in [1.165, 1.54) is 29.3 Å². The first-order valence-corrected chi connectivity index (χ1v) is 11.7. The molecular formula is C26H22F3N5O4. The number of rotatable bonds is 6. The number of alkyl halides is 3. The highest BCUT2D eigenvalue weighted by Crippen LogP contribution is 2.55. The van der Waals surface area contributed by atoms with Gasteiger partial charge in [0.1, 0.15) is 17.1 Å². The van der Waals surface area contributed by atoms with Gasteiger partial charge in [-0.3, -0.25) is 15.0 Å². The van der Waals surface area contributed by atoms with Gasteiger partial charge in [0.25, 0.3) is 5.91 Å². The van der Waals surface area contributed by atoms with Crippen molar-refractivity contribution >= 4 is 35.2 Å². The van der Waals surface area contributed by atoms with Crippen LogP contribution in [0.4, 0.5) is 40.0 Å². The molecule has 2 atom stereocenters. The largest absolute Gasteiger partial charge is 0.573 e. The summed E-state index contributed by atoms with van der Waals surface area (Å²) in [6.45, 7) is 2.13. The Morgan fingerprint density at radius 2 is 1.76 bits per heavy atom. The fraction of sp³-hybridized carbons (Fsp3) is 0.231. The number of nitrogens with one attached hydrogen (secondary N) is 2. The van der Waals surface area contributed by atoms with Gasteiger partial charge in [-0.2, -0.15) is 0 Å². The van der Waals surface area contributed by atoms with Crippen LogP contribution < -0.4 is 25.2 Å². The van der Waals surface area contributed by atoms with Crippen molar-refractivity contribution in [2.24, 2.45) is 5.92 Å². The summed E-state index contributed by atoms with van der Waals surface area (Å²) in [6, 6.07) is 15.7. The highest BCUT2D eigenvalue weighted by atomic mass is 19.4. The summed E-state index contributed by atoms with van der Waals surface area (Å²) < 4.78 is 41.4. The summed E-state index contributed by atoms with van der Waals surface area (Å²) in [7, 11) is 0. The van der Waals surface area contributed by atoms with Gasteiger partial charge in [-0.25, -0.2) is 19.5 Å². The van der Waals surface area contributed by atoms with E-state index < -0.39 is 35.6 Å². The molecule has 2 heterocycles. The minimum Gasteiger partial charge on any atom is -0.406 e. The molecule has 1 aliphatic carbocycles. The van der Waals surface area contributed by atoms with Crippen LogP contribution in [0, 0.1) is 5.92 Å². The molecule has 1 saturated heterocycles. The summed E-state index contributed by atoms with van der Waals surface area (Å²) in [5.41, 5.74) is 0.240. The number of carbonyl (C=O) groups excluding carboxylic acids is 3. The fourth-order valence-corrected chi connectivity index (χ4v) is 4.60. The molecule has 2 N–H and O–H groups in total. The van der Waals surface area contributed by atoms with Gasteiger partial charge >= 0.3 is 18.4 Å². The Morgan fingerprint density at radius 3 is 2.39 bits per heavy atom. The molecule has 1 aliphatic heterocycles. The van der Waals surface area contributed by atoms with Crippen LogP contribution in [0.2, 0.25) is 0 Å². The molecule has 12 heteroatoms. The standard InChI is InChI=1S/C26H22F3N5O4/c1-16-14-25(16)22(35)33(18-7-9-20(10-8-18)38-26(27,28)29)24(37)34(25)19-11-12-30-21(13-19)32-23(36)31-15-17-5-3-2-4-6-17/h2-13,16H,14-15H2,1H3,(H2,30,31,32,36). The third-order valence-corrected chi connectivity index (χ3v) is 6.50. The first kappa shape index (κ1) is 25.1. The molecule has 2 unspecified atom stereocenters. The van der Waals surface area contributed by atoms with Crippen LogP contribution >= 0.6 is 0 Å². The average molecular weight is 525 g/mol. The smallest absolute Gasteiger partial charge is 0.406 e. The molecule has 196 valence electrons. The number of urea groups is 2. The molecule has 5 amide bonds. The number of imide groups is 1. The molecule has 3 aromatic rings. The molecule has 5 rings (SSSR count). The summed E-state index contributed by atoms with van der Waals surface area (Å²) in [4.78, 5) is 45.8. The summed E-state index contributed by atoms with van der Waals surface area (Å²) >= 11 is 0. The molecule has 0 bridgehead atoms. The van der Waals surface area contributed by atoms with Crippen molar-refractivity contribution in [3.8, 4) is 5.75 Å². The number of carbonyl (C=O) groups is 3. The third-order valence-electron chi connectivity index (χ3n) is 6.50. The SMILES string of the molecule is CC1CC12C(=O)N(c1ccc(OC(F)(F)F)cc1)C(=O)N2c1ccnc(NC(=O)NCc2ccccc2)c1. The van der Waals surface area contributed by atoms with Crippen LogP contribution in [0.15, 0.2) is 72.9 Å². The van der Waals surface area contributed by atoms with Crippen molar-refractivity contribution in [2.45, 2.75) is 31.8 Å². The number of pyridine rings is 1. The van der Waals surface area contributed by atoms with Crippen LogP contribution in [0.1, 0.15) is 18.9 Å². The predicted molar refractivity (Wildman–Crippen MR) is 132 cm³/mol. The van der Waals surface area contributed by atoms with Gasteiger partial charge in [0.05, 0.1) is 11.4 Å². The summed E-state index contributed by atoms with van der Waals surface area (Å²) in [6.07, 6.45) is -3.05. The van der Waals surface area contributed by atoms with Gasteiger partial charge in [-0.15, -0.1) is 13.2 Å². The van der Waals surface area contributed by atoms with Gasteiger partial charge in [-0.1, -0.05) is 37.3 Å². The molecule has 1 spiro atoms. The summed E-state index contributed by atoms with van der Waals surface area (Å²) in [5, 5.41) is 5.35. The Morgan fingerprint density at radius 1 is 1.08 bits per heavy atom. The lowest BCUT2D eigenvalue weighted by Crippen LogP contribution is -2.39. The number of benzene rings is 2. The summed E-state index contributed by atoms with van der Waals surface area (Å²) in [5.74, 6) is -0.937. The van der Waals surface area contributed by atoms with E-state index in [1.54, 1.807) is 6.07 Å². The maximum Gasteiger partial charge on any atom is 0.573 e. The first-order valence-electron chi connectivity index (χ1n) is 11.7. The molecular weight excluding hydrogens is 503 g/mol. The van der Waals surface area contributed by atoms with Crippen molar-refractivity contribution in [1.82, 2.24) is 10.3 Å². The minimum atomic E-state index is -4.86.